The highest BCUT2D eigenvalue weighted by atomic mass is 35.5. The summed E-state index contributed by atoms with van der Waals surface area (Å²) in [6.45, 7) is 5.26. The first-order valence-electron chi connectivity index (χ1n) is 7.26. The van der Waals surface area contributed by atoms with Gasteiger partial charge in [-0.05, 0) is 25.5 Å². The number of rotatable bonds is 7. The van der Waals surface area contributed by atoms with E-state index < -0.39 is 0 Å². The summed E-state index contributed by atoms with van der Waals surface area (Å²) < 4.78 is 1.87. The third-order valence-electron chi connectivity index (χ3n) is 3.56. The van der Waals surface area contributed by atoms with Crippen molar-refractivity contribution in [3.8, 4) is 0 Å². The molecule has 0 aliphatic rings. The number of nitrogens with two attached hydrogens (primary N) is 1. The zero-order chi connectivity index (χ0) is 15.2. The molecule has 0 aliphatic heterocycles. The van der Waals surface area contributed by atoms with Crippen LogP contribution in [0.3, 0.4) is 0 Å². The molecule has 5 heteroatoms. The van der Waals surface area contributed by atoms with Crippen LogP contribution in [0.15, 0.2) is 30.3 Å². The standard InChI is InChI=1S/C16H23ClN4/c1-13-16(17)15(20(2)19-13)12-21(10-6-9-18)11-14-7-4-3-5-8-14/h3-5,7-8H,6,9-12,18H2,1-2H3. The van der Waals surface area contributed by atoms with Crippen LogP contribution in [0, 0.1) is 6.92 Å². The minimum absolute atomic E-state index is 0.698. The normalized spacial score (nSPS) is 11.3. The average molecular weight is 307 g/mol. The number of benzene rings is 1. The highest BCUT2D eigenvalue weighted by Crippen LogP contribution is 2.21. The van der Waals surface area contributed by atoms with Crippen molar-refractivity contribution >= 4 is 11.6 Å². The highest BCUT2D eigenvalue weighted by molar-refractivity contribution is 6.31. The molecular weight excluding hydrogens is 284 g/mol. The summed E-state index contributed by atoms with van der Waals surface area (Å²) in [5.41, 5.74) is 8.89. The predicted molar refractivity (Wildman–Crippen MR) is 87.2 cm³/mol. The van der Waals surface area contributed by atoms with E-state index in [0.29, 0.717) is 6.54 Å². The van der Waals surface area contributed by atoms with Crippen molar-refractivity contribution < 1.29 is 0 Å². The first-order valence-corrected chi connectivity index (χ1v) is 7.64. The van der Waals surface area contributed by atoms with E-state index >= 15 is 0 Å². The minimum atomic E-state index is 0.698. The Hall–Kier alpha value is -1.36. The predicted octanol–water partition coefficient (Wildman–Crippen LogP) is 2.73. The molecule has 1 aromatic carbocycles. The van der Waals surface area contributed by atoms with Gasteiger partial charge < -0.3 is 5.73 Å². The number of hydrogen-bond acceptors (Lipinski definition) is 3. The van der Waals surface area contributed by atoms with Gasteiger partial charge in [0.05, 0.1) is 16.4 Å². The molecule has 0 fully saturated rings. The van der Waals surface area contributed by atoms with Crippen LogP contribution in [0.1, 0.15) is 23.4 Å². The smallest absolute Gasteiger partial charge is 0.0860 e. The lowest BCUT2D eigenvalue weighted by Crippen LogP contribution is -2.26. The Morgan fingerprint density at radius 1 is 1.24 bits per heavy atom. The highest BCUT2D eigenvalue weighted by Gasteiger charge is 2.15. The molecular formula is C16H23ClN4. The Bertz CT molecular complexity index is 565. The van der Waals surface area contributed by atoms with Crippen LogP contribution in [0.4, 0.5) is 0 Å². The molecule has 4 nitrogen and oxygen atoms in total. The van der Waals surface area contributed by atoms with E-state index in [2.05, 4.69) is 34.3 Å². The van der Waals surface area contributed by atoms with E-state index in [1.165, 1.54) is 5.56 Å². The second kappa shape index (κ2) is 7.59. The average Bonchev–Trinajstić information content (AvgIpc) is 2.72. The van der Waals surface area contributed by atoms with Crippen LogP contribution in [-0.4, -0.2) is 27.8 Å². The maximum Gasteiger partial charge on any atom is 0.0860 e. The van der Waals surface area contributed by atoms with Gasteiger partial charge in [-0.3, -0.25) is 9.58 Å². The Kier molecular flexibility index (Phi) is 5.79. The van der Waals surface area contributed by atoms with E-state index in [-0.39, 0.29) is 0 Å². The number of hydrogen-bond donors (Lipinski definition) is 1. The molecule has 0 amide bonds. The second-order valence-corrected chi connectivity index (χ2v) is 5.69. The lowest BCUT2D eigenvalue weighted by Gasteiger charge is -2.22. The van der Waals surface area contributed by atoms with Gasteiger partial charge in [0.2, 0.25) is 0 Å². The third kappa shape index (κ3) is 4.30. The monoisotopic (exact) mass is 306 g/mol. The molecule has 2 aromatic rings. The molecule has 2 N–H and O–H groups in total. The molecule has 0 saturated carbocycles. The number of aromatic nitrogens is 2. The van der Waals surface area contributed by atoms with Gasteiger partial charge in [0.25, 0.3) is 0 Å². The van der Waals surface area contributed by atoms with E-state index in [0.717, 1.165) is 42.5 Å². The molecule has 1 heterocycles. The summed E-state index contributed by atoms with van der Waals surface area (Å²) in [5, 5.41) is 5.15. The van der Waals surface area contributed by atoms with Crippen LogP contribution >= 0.6 is 11.6 Å². The van der Waals surface area contributed by atoms with Crippen molar-refractivity contribution in [2.75, 3.05) is 13.1 Å². The molecule has 0 unspecified atom stereocenters. The van der Waals surface area contributed by atoms with E-state index in [4.69, 9.17) is 17.3 Å². The molecule has 0 radical (unpaired) electrons. The summed E-state index contributed by atoms with van der Waals surface area (Å²) >= 11 is 6.36. The van der Waals surface area contributed by atoms with E-state index in [1.54, 1.807) is 0 Å². The summed E-state index contributed by atoms with van der Waals surface area (Å²) in [4.78, 5) is 2.37. The number of halogens is 1. The van der Waals surface area contributed by atoms with Crippen molar-refractivity contribution in [3.63, 3.8) is 0 Å². The first kappa shape index (κ1) is 16.0. The lowest BCUT2D eigenvalue weighted by molar-refractivity contribution is 0.248. The van der Waals surface area contributed by atoms with Crippen molar-refractivity contribution in [1.29, 1.82) is 0 Å². The van der Waals surface area contributed by atoms with Gasteiger partial charge in [0, 0.05) is 26.7 Å². The molecule has 0 spiro atoms. The van der Waals surface area contributed by atoms with Gasteiger partial charge >= 0.3 is 0 Å². The van der Waals surface area contributed by atoms with Crippen LogP contribution in [-0.2, 0) is 20.1 Å². The summed E-state index contributed by atoms with van der Waals surface area (Å²) in [6.07, 6.45) is 0.973. The van der Waals surface area contributed by atoms with E-state index in [1.807, 2.05) is 24.7 Å². The third-order valence-corrected chi connectivity index (χ3v) is 4.05. The SMILES string of the molecule is Cc1nn(C)c(CN(CCCN)Cc2ccccc2)c1Cl. The fourth-order valence-electron chi connectivity index (χ4n) is 2.43. The van der Waals surface area contributed by atoms with Crippen LogP contribution in [0.5, 0.6) is 0 Å². The summed E-state index contributed by atoms with van der Waals surface area (Å²) in [7, 11) is 1.94. The maximum absolute atomic E-state index is 6.36. The Morgan fingerprint density at radius 3 is 2.52 bits per heavy atom. The molecule has 2 rings (SSSR count). The van der Waals surface area contributed by atoms with Gasteiger partial charge in [-0.25, -0.2) is 0 Å². The molecule has 0 bridgehead atoms. The molecule has 21 heavy (non-hydrogen) atoms. The summed E-state index contributed by atoms with van der Waals surface area (Å²) in [5.74, 6) is 0. The van der Waals surface area contributed by atoms with Gasteiger partial charge in [-0.1, -0.05) is 41.9 Å². The lowest BCUT2D eigenvalue weighted by atomic mass is 10.2. The maximum atomic E-state index is 6.36. The minimum Gasteiger partial charge on any atom is -0.330 e. The van der Waals surface area contributed by atoms with E-state index in [9.17, 15) is 0 Å². The second-order valence-electron chi connectivity index (χ2n) is 5.31. The quantitative estimate of drug-likeness (QED) is 0.855. The van der Waals surface area contributed by atoms with Crippen molar-refractivity contribution in [1.82, 2.24) is 14.7 Å². The first-order chi connectivity index (χ1) is 10.1. The molecule has 0 aliphatic carbocycles. The number of aryl methyl sites for hydroxylation is 2. The van der Waals surface area contributed by atoms with Crippen molar-refractivity contribution in [3.05, 3.63) is 52.3 Å². The van der Waals surface area contributed by atoms with Gasteiger partial charge in [0.15, 0.2) is 0 Å². The van der Waals surface area contributed by atoms with Crippen molar-refractivity contribution in [2.45, 2.75) is 26.4 Å². The molecule has 0 saturated heterocycles. The Morgan fingerprint density at radius 2 is 1.95 bits per heavy atom. The van der Waals surface area contributed by atoms with Crippen LogP contribution < -0.4 is 5.73 Å². The Balaban J connectivity index is 2.12. The summed E-state index contributed by atoms with van der Waals surface area (Å²) in [6, 6.07) is 10.5. The van der Waals surface area contributed by atoms with Crippen molar-refractivity contribution in [2.24, 2.45) is 12.8 Å². The fourth-order valence-corrected chi connectivity index (χ4v) is 2.65. The zero-order valence-electron chi connectivity index (χ0n) is 12.7. The fraction of sp³-hybridized carbons (Fsp3) is 0.438. The molecule has 0 atom stereocenters. The molecule has 1 aromatic heterocycles. The van der Waals surface area contributed by atoms with Crippen LogP contribution in [0.25, 0.3) is 0 Å². The number of nitrogens with zero attached hydrogens (tertiary/aromatic N) is 3. The molecule has 114 valence electrons. The van der Waals surface area contributed by atoms with Gasteiger partial charge in [0.1, 0.15) is 0 Å². The topological polar surface area (TPSA) is 47.1 Å². The Labute approximate surface area is 131 Å². The zero-order valence-corrected chi connectivity index (χ0v) is 13.5. The largest absolute Gasteiger partial charge is 0.330 e. The van der Waals surface area contributed by atoms with Crippen LogP contribution in [0.2, 0.25) is 5.02 Å². The van der Waals surface area contributed by atoms with Gasteiger partial charge in [-0.15, -0.1) is 0 Å². The van der Waals surface area contributed by atoms with Gasteiger partial charge in [-0.2, -0.15) is 5.10 Å².